The van der Waals surface area contributed by atoms with Crippen molar-refractivity contribution in [3.8, 4) is 5.75 Å². The number of ether oxygens (including phenoxy) is 1. The predicted molar refractivity (Wildman–Crippen MR) is 70.5 cm³/mol. The zero-order valence-corrected chi connectivity index (χ0v) is 11.4. The Bertz CT molecular complexity index is 372. The molecule has 3 heteroatoms. The molecule has 0 saturated heterocycles. The largest absolute Gasteiger partial charge is 0.497 e. The Kier molecular flexibility index (Phi) is 4.54. The van der Waals surface area contributed by atoms with E-state index in [-0.39, 0.29) is 12.0 Å². The minimum Gasteiger partial charge on any atom is -0.497 e. The predicted octanol–water partition coefficient (Wildman–Crippen LogP) is 2.03. The van der Waals surface area contributed by atoms with Gasteiger partial charge in [-0.25, -0.2) is 0 Å². The van der Waals surface area contributed by atoms with Gasteiger partial charge in [-0.05, 0) is 37.4 Å². The molecule has 1 rings (SSSR count). The van der Waals surface area contributed by atoms with Crippen molar-refractivity contribution >= 4 is 0 Å². The number of methoxy groups -OCH3 is 1. The lowest BCUT2D eigenvalue weighted by molar-refractivity contribution is 0.218. The minimum atomic E-state index is -0.240. The molecular formula is C14H23NO2. The number of hydrogen-bond acceptors (Lipinski definition) is 3. The molecule has 0 atom stereocenters. The Morgan fingerprint density at radius 2 is 1.88 bits per heavy atom. The Hall–Kier alpha value is -1.06. The van der Waals surface area contributed by atoms with Crippen LogP contribution in [0.15, 0.2) is 18.2 Å². The summed E-state index contributed by atoms with van der Waals surface area (Å²) >= 11 is 0. The second-order valence-corrected chi connectivity index (χ2v) is 5.35. The maximum atomic E-state index is 9.43. The van der Waals surface area contributed by atoms with Crippen LogP contribution in [0.2, 0.25) is 0 Å². The molecule has 1 aromatic carbocycles. The molecule has 0 aliphatic carbocycles. The fraction of sp³-hybridized carbons (Fsp3) is 0.571. The fourth-order valence-corrected chi connectivity index (χ4v) is 1.72. The van der Waals surface area contributed by atoms with Crippen molar-refractivity contribution in [1.82, 2.24) is 4.90 Å². The average molecular weight is 237 g/mol. The molecule has 0 amide bonds. The SMILES string of the molecule is COc1cc(CN(C)C)cc(C(C)(C)CO)c1. The van der Waals surface area contributed by atoms with Crippen LogP contribution in [0.25, 0.3) is 0 Å². The molecule has 0 heterocycles. The van der Waals surface area contributed by atoms with E-state index in [2.05, 4.69) is 11.0 Å². The topological polar surface area (TPSA) is 32.7 Å². The first-order valence-corrected chi connectivity index (χ1v) is 5.83. The molecule has 96 valence electrons. The molecule has 1 aromatic rings. The van der Waals surface area contributed by atoms with Gasteiger partial charge in [0.2, 0.25) is 0 Å². The smallest absolute Gasteiger partial charge is 0.119 e. The summed E-state index contributed by atoms with van der Waals surface area (Å²) in [5, 5.41) is 9.43. The van der Waals surface area contributed by atoms with E-state index in [0.29, 0.717) is 0 Å². The van der Waals surface area contributed by atoms with E-state index in [1.54, 1.807) is 7.11 Å². The van der Waals surface area contributed by atoms with E-state index in [1.165, 1.54) is 5.56 Å². The molecule has 0 fully saturated rings. The summed E-state index contributed by atoms with van der Waals surface area (Å²) in [5.41, 5.74) is 2.07. The van der Waals surface area contributed by atoms with E-state index >= 15 is 0 Å². The highest BCUT2D eigenvalue weighted by molar-refractivity contribution is 5.38. The van der Waals surface area contributed by atoms with Crippen LogP contribution in [0.4, 0.5) is 0 Å². The van der Waals surface area contributed by atoms with Gasteiger partial charge in [-0.3, -0.25) is 0 Å². The van der Waals surface area contributed by atoms with Gasteiger partial charge in [0.05, 0.1) is 13.7 Å². The van der Waals surface area contributed by atoms with Crippen LogP contribution in [-0.4, -0.2) is 37.8 Å². The van der Waals surface area contributed by atoms with E-state index < -0.39 is 0 Å². The lowest BCUT2D eigenvalue weighted by atomic mass is 9.84. The molecule has 0 saturated carbocycles. The lowest BCUT2D eigenvalue weighted by Gasteiger charge is -2.24. The summed E-state index contributed by atoms with van der Waals surface area (Å²) in [5.74, 6) is 0.848. The molecule has 17 heavy (non-hydrogen) atoms. The summed E-state index contributed by atoms with van der Waals surface area (Å²) in [7, 11) is 5.75. The van der Waals surface area contributed by atoms with Crippen LogP contribution < -0.4 is 4.74 Å². The minimum absolute atomic E-state index is 0.127. The molecule has 0 aliphatic rings. The number of benzene rings is 1. The number of aliphatic hydroxyl groups excluding tert-OH is 1. The highest BCUT2D eigenvalue weighted by Crippen LogP contribution is 2.28. The summed E-state index contributed by atoms with van der Waals surface area (Å²) in [4.78, 5) is 2.12. The first-order valence-electron chi connectivity index (χ1n) is 5.83. The third-order valence-electron chi connectivity index (χ3n) is 2.88. The quantitative estimate of drug-likeness (QED) is 0.850. The summed E-state index contributed by atoms with van der Waals surface area (Å²) in [6.45, 7) is 5.05. The zero-order chi connectivity index (χ0) is 13.1. The van der Waals surface area contributed by atoms with E-state index in [0.717, 1.165) is 17.9 Å². The van der Waals surface area contributed by atoms with Gasteiger partial charge >= 0.3 is 0 Å². The van der Waals surface area contributed by atoms with E-state index in [1.807, 2.05) is 40.1 Å². The summed E-state index contributed by atoms with van der Waals surface area (Å²) in [6, 6.07) is 6.17. The van der Waals surface area contributed by atoms with Gasteiger partial charge < -0.3 is 14.7 Å². The molecule has 0 bridgehead atoms. The summed E-state index contributed by atoms with van der Waals surface area (Å²) in [6.07, 6.45) is 0. The van der Waals surface area contributed by atoms with Crippen molar-refractivity contribution in [2.45, 2.75) is 25.8 Å². The van der Waals surface area contributed by atoms with Gasteiger partial charge in [0.25, 0.3) is 0 Å². The van der Waals surface area contributed by atoms with E-state index in [9.17, 15) is 5.11 Å². The Labute approximate surface area is 104 Å². The second kappa shape index (κ2) is 5.52. The molecule has 0 spiro atoms. The van der Waals surface area contributed by atoms with Crippen LogP contribution in [-0.2, 0) is 12.0 Å². The normalized spacial score (nSPS) is 11.9. The molecule has 3 nitrogen and oxygen atoms in total. The van der Waals surface area contributed by atoms with Gasteiger partial charge in [-0.2, -0.15) is 0 Å². The maximum absolute atomic E-state index is 9.43. The third-order valence-corrected chi connectivity index (χ3v) is 2.88. The zero-order valence-electron chi connectivity index (χ0n) is 11.4. The highest BCUT2D eigenvalue weighted by atomic mass is 16.5. The molecule has 0 radical (unpaired) electrons. The van der Waals surface area contributed by atoms with Crippen molar-refractivity contribution in [2.24, 2.45) is 0 Å². The fourth-order valence-electron chi connectivity index (χ4n) is 1.72. The Morgan fingerprint density at radius 3 is 2.35 bits per heavy atom. The monoisotopic (exact) mass is 237 g/mol. The molecule has 0 unspecified atom stereocenters. The van der Waals surface area contributed by atoms with Crippen molar-refractivity contribution in [2.75, 3.05) is 27.8 Å². The highest BCUT2D eigenvalue weighted by Gasteiger charge is 2.20. The Balaban J connectivity index is 3.13. The van der Waals surface area contributed by atoms with Crippen LogP contribution in [0.3, 0.4) is 0 Å². The average Bonchev–Trinajstić information content (AvgIpc) is 2.27. The van der Waals surface area contributed by atoms with Crippen molar-refractivity contribution in [1.29, 1.82) is 0 Å². The van der Waals surface area contributed by atoms with Crippen molar-refractivity contribution in [3.63, 3.8) is 0 Å². The van der Waals surface area contributed by atoms with Crippen LogP contribution in [0.1, 0.15) is 25.0 Å². The van der Waals surface area contributed by atoms with Crippen LogP contribution in [0, 0.1) is 0 Å². The van der Waals surface area contributed by atoms with Crippen molar-refractivity contribution in [3.05, 3.63) is 29.3 Å². The number of rotatable bonds is 5. The Morgan fingerprint density at radius 1 is 1.24 bits per heavy atom. The molecular weight excluding hydrogens is 214 g/mol. The van der Waals surface area contributed by atoms with Gasteiger partial charge in [-0.15, -0.1) is 0 Å². The molecule has 0 aromatic heterocycles. The third kappa shape index (κ3) is 3.72. The van der Waals surface area contributed by atoms with E-state index in [4.69, 9.17) is 4.74 Å². The standard InChI is InChI=1S/C14H23NO2/c1-14(2,10-16)12-6-11(9-15(3)4)7-13(8-12)17-5/h6-8,16H,9-10H2,1-5H3. The molecule has 1 N–H and O–H groups in total. The lowest BCUT2D eigenvalue weighted by Crippen LogP contribution is -2.22. The van der Waals surface area contributed by atoms with Gasteiger partial charge in [0.1, 0.15) is 5.75 Å². The second-order valence-electron chi connectivity index (χ2n) is 5.35. The van der Waals surface area contributed by atoms with Gasteiger partial charge in [-0.1, -0.05) is 19.9 Å². The maximum Gasteiger partial charge on any atom is 0.119 e. The summed E-state index contributed by atoms with van der Waals surface area (Å²) < 4.78 is 5.32. The van der Waals surface area contributed by atoms with Gasteiger partial charge in [0.15, 0.2) is 0 Å². The first-order chi connectivity index (χ1) is 7.89. The van der Waals surface area contributed by atoms with Gasteiger partial charge in [0, 0.05) is 12.0 Å². The number of hydrogen-bond donors (Lipinski definition) is 1. The number of nitrogens with zero attached hydrogens (tertiary/aromatic N) is 1. The van der Waals surface area contributed by atoms with Crippen LogP contribution in [0.5, 0.6) is 5.75 Å². The molecule has 0 aliphatic heterocycles. The van der Waals surface area contributed by atoms with Crippen molar-refractivity contribution < 1.29 is 9.84 Å². The number of aliphatic hydroxyl groups is 1. The first kappa shape index (κ1) is 14.0. The van der Waals surface area contributed by atoms with Crippen LogP contribution >= 0.6 is 0 Å².